The van der Waals surface area contributed by atoms with Gasteiger partial charge in [-0.05, 0) is 19.8 Å². The molecule has 0 saturated carbocycles. The molecule has 0 spiro atoms. The van der Waals surface area contributed by atoms with Crippen LogP contribution in [0.2, 0.25) is 0 Å². The summed E-state index contributed by atoms with van der Waals surface area (Å²) in [6.45, 7) is 3.77. The van der Waals surface area contributed by atoms with Gasteiger partial charge in [-0.2, -0.15) is 0 Å². The van der Waals surface area contributed by atoms with Gasteiger partial charge in [0, 0.05) is 0 Å². The average molecular weight is 273 g/mol. The Morgan fingerprint density at radius 3 is 1.95 bits per heavy atom. The van der Waals surface area contributed by atoms with Gasteiger partial charge < -0.3 is 10.2 Å². The number of aliphatic hydroxyl groups excluding tert-OH is 1. The predicted molar refractivity (Wildman–Crippen MR) is 78.1 cm³/mol. The molecule has 0 rings (SSSR count). The highest BCUT2D eigenvalue weighted by Gasteiger charge is 2.14. The topological polar surface area (TPSA) is 69.6 Å². The summed E-state index contributed by atoms with van der Waals surface area (Å²) in [4.78, 5) is 10.6. The Balaban J connectivity index is 3.27. The summed E-state index contributed by atoms with van der Waals surface area (Å²) in [6, 6.07) is -0.687. The van der Waals surface area contributed by atoms with Crippen molar-refractivity contribution in [3.63, 3.8) is 0 Å². The van der Waals surface area contributed by atoms with Crippen LogP contribution < -0.4 is 5.32 Å². The molecule has 0 aliphatic heterocycles. The van der Waals surface area contributed by atoms with Gasteiger partial charge in [-0.25, -0.2) is 0 Å². The second-order valence-corrected chi connectivity index (χ2v) is 5.36. The fourth-order valence-corrected chi connectivity index (χ4v) is 2.09. The lowest BCUT2D eigenvalue weighted by molar-refractivity contribution is -0.140. The fourth-order valence-electron chi connectivity index (χ4n) is 2.09. The van der Waals surface area contributed by atoms with Crippen LogP contribution in [0.1, 0.15) is 78.1 Å². The van der Waals surface area contributed by atoms with E-state index in [-0.39, 0.29) is 0 Å². The quantitative estimate of drug-likeness (QED) is 0.356. The van der Waals surface area contributed by atoms with Gasteiger partial charge in [-0.15, -0.1) is 0 Å². The lowest BCUT2D eigenvalue weighted by Gasteiger charge is -2.15. The standard InChI is InChI=1S/C15H31NO3/c1-3-4-5-6-7-8-9-10-11-12-14(17)16-13(2)15(18)19/h13-14,16-17H,3-12H2,1-2H3,(H,18,19). The van der Waals surface area contributed by atoms with E-state index in [1.165, 1.54) is 44.9 Å². The molecule has 0 aromatic carbocycles. The van der Waals surface area contributed by atoms with Crippen molar-refractivity contribution < 1.29 is 15.0 Å². The molecule has 0 saturated heterocycles. The van der Waals surface area contributed by atoms with Crippen molar-refractivity contribution in [1.29, 1.82) is 0 Å². The molecule has 0 aliphatic carbocycles. The SMILES string of the molecule is CCCCCCCCCCCC(O)NC(C)C(=O)O. The van der Waals surface area contributed by atoms with Gasteiger partial charge >= 0.3 is 5.97 Å². The Labute approximate surface area is 117 Å². The molecule has 0 amide bonds. The lowest BCUT2D eigenvalue weighted by atomic mass is 10.1. The summed E-state index contributed by atoms with van der Waals surface area (Å²) >= 11 is 0. The van der Waals surface area contributed by atoms with E-state index >= 15 is 0 Å². The van der Waals surface area contributed by atoms with Gasteiger partial charge in [0.05, 0.1) is 0 Å². The van der Waals surface area contributed by atoms with E-state index in [2.05, 4.69) is 12.2 Å². The molecule has 19 heavy (non-hydrogen) atoms. The molecule has 2 unspecified atom stereocenters. The summed E-state index contributed by atoms with van der Waals surface area (Å²) < 4.78 is 0. The lowest BCUT2D eigenvalue weighted by Crippen LogP contribution is -2.41. The third-order valence-electron chi connectivity index (χ3n) is 3.39. The number of aliphatic hydroxyl groups is 1. The highest BCUT2D eigenvalue weighted by molar-refractivity contribution is 5.72. The highest BCUT2D eigenvalue weighted by atomic mass is 16.4. The summed E-state index contributed by atoms with van der Waals surface area (Å²) in [5.41, 5.74) is 0. The number of aliphatic carboxylic acids is 1. The Morgan fingerprint density at radius 2 is 1.47 bits per heavy atom. The molecule has 0 aromatic rings. The number of unbranched alkanes of at least 4 members (excludes halogenated alkanes) is 8. The number of carbonyl (C=O) groups is 1. The third-order valence-corrected chi connectivity index (χ3v) is 3.39. The maximum absolute atomic E-state index is 10.6. The van der Waals surface area contributed by atoms with Gasteiger partial charge in [0.25, 0.3) is 0 Å². The van der Waals surface area contributed by atoms with Crippen molar-refractivity contribution >= 4 is 5.97 Å². The molecule has 0 bridgehead atoms. The Morgan fingerprint density at radius 1 is 1.00 bits per heavy atom. The van der Waals surface area contributed by atoms with Crippen LogP contribution in [0.4, 0.5) is 0 Å². The summed E-state index contributed by atoms with van der Waals surface area (Å²) in [5.74, 6) is -0.925. The van der Waals surface area contributed by atoms with Crippen LogP contribution in [0.5, 0.6) is 0 Å². The number of rotatable bonds is 13. The first-order valence-electron chi connectivity index (χ1n) is 7.74. The van der Waals surface area contributed by atoms with Crippen LogP contribution in [-0.4, -0.2) is 28.5 Å². The minimum absolute atomic E-state index is 0.632. The number of carboxylic acids is 1. The van der Waals surface area contributed by atoms with Crippen LogP contribution in [-0.2, 0) is 4.79 Å². The van der Waals surface area contributed by atoms with Crippen molar-refractivity contribution in [3.8, 4) is 0 Å². The average Bonchev–Trinajstić information content (AvgIpc) is 2.36. The first-order valence-corrected chi connectivity index (χ1v) is 7.74. The van der Waals surface area contributed by atoms with E-state index < -0.39 is 18.2 Å². The minimum atomic E-state index is -0.925. The van der Waals surface area contributed by atoms with Crippen LogP contribution in [0.25, 0.3) is 0 Å². The van der Waals surface area contributed by atoms with Crippen LogP contribution in [0, 0.1) is 0 Å². The Hall–Kier alpha value is -0.610. The molecule has 4 heteroatoms. The molecule has 4 nitrogen and oxygen atoms in total. The van der Waals surface area contributed by atoms with E-state index in [0.29, 0.717) is 6.42 Å². The first kappa shape index (κ1) is 18.4. The third kappa shape index (κ3) is 12.2. The van der Waals surface area contributed by atoms with Gasteiger partial charge in [-0.3, -0.25) is 10.1 Å². The van der Waals surface area contributed by atoms with Crippen LogP contribution >= 0.6 is 0 Å². The number of carboxylic acid groups (broad SMARTS) is 1. The molecular formula is C15H31NO3. The second kappa shape index (κ2) is 12.4. The molecule has 0 heterocycles. The minimum Gasteiger partial charge on any atom is -0.480 e. The molecule has 114 valence electrons. The van der Waals surface area contributed by atoms with E-state index in [0.717, 1.165) is 12.8 Å². The molecule has 3 N–H and O–H groups in total. The highest BCUT2D eigenvalue weighted by Crippen LogP contribution is 2.11. The monoisotopic (exact) mass is 273 g/mol. The van der Waals surface area contributed by atoms with Crippen molar-refractivity contribution in [2.75, 3.05) is 0 Å². The number of hydrogen-bond donors (Lipinski definition) is 3. The van der Waals surface area contributed by atoms with Crippen LogP contribution in [0.15, 0.2) is 0 Å². The number of nitrogens with one attached hydrogen (secondary N) is 1. The molecule has 2 atom stereocenters. The van der Waals surface area contributed by atoms with Gasteiger partial charge in [0.1, 0.15) is 12.3 Å². The summed E-state index contributed by atoms with van der Waals surface area (Å²) in [7, 11) is 0. The predicted octanol–water partition coefficient (Wildman–Crippen LogP) is 3.29. The normalized spacial score (nSPS) is 14.3. The number of hydrogen-bond acceptors (Lipinski definition) is 3. The van der Waals surface area contributed by atoms with Crippen molar-refractivity contribution in [1.82, 2.24) is 5.32 Å². The summed E-state index contributed by atoms with van der Waals surface area (Å²) in [6.07, 6.45) is 11.1. The zero-order chi connectivity index (χ0) is 14.5. The van der Waals surface area contributed by atoms with Gasteiger partial charge in [0.2, 0.25) is 0 Å². The Bertz CT molecular complexity index is 221. The zero-order valence-electron chi connectivity index (χ0n) is 12.5. The van der Waals surface area contributed by atoms with E-state index in [9.17, 15) is 9.90 Å². The molecule has 0 radical (unpaired) electrons. The maximum atomic E-state index is 10.6. The Kier molecular flexibility index (Phi) is 12.0. The van der Waals surface area contributed by atoms with Crippen molar-refractivity contribution in [2.45, 2.75) is 90.3 Å². The first-order chi connectivity index (χ1) is 9.07. The maximum Gasteiger partial charge on any atom is 0.320 e. The fraction of sp³-hybridized carbons (Fsp3) is 0.933. The molecular weight excluding hydrogens is 242 g/mol. The van der Waals surface area contributed by atoms with Gasteiger partial charge in [0.15, 0.2) is 0 Å². The van der Waals surface area contributed by atoms with E-state index in [1.807, 2.05) is 0 Å². The van der Waals surface area contributed by atoms with Crippen molar-refractivity contribution in [3.05, 3.63) is 0 Å². The van der Waals surface area contributed by atoms with E-state index in [4.69, 9.17) is 5.11 Å². The van der Waals surface area contributed by atoms with Crippen LogP contribution in [0.3, 0.4) is 0 Å². The molecule has 0 aliphatic rings. The van der Waals surface area contributed by atoms with Crippen molar-refractivity contribution in [2.24, 2.45) is 0 Å². The zero-order valence-corrected chi connectivity index (χ0v) is 12.5. The summed E-state index contributed by atoms with van der Waals surface area (Å²) in [5, 5.41) is 20.9. The van der Waals surface area contributed by atoms with Gasteiger partial charge in [-0.1, -0.05) is 58.3 Å². The molecule has 0 fully saturated rings. The largest absolute Gasteiger partial charge is 0.480 e. The van der Waals surface area contributed by atoms with E-state index in [1.54, 1.807) is 6.92 Å². The smallest absolute Gasteiger partial charge is 0.320 e. The second-order valence-electron chi connectivity index (χ2n) is 5.36. The molecule has 0 aromatic heterocycles.